The number of hydrogen-bond donors (Lipinski definition) is 1. The lowest BCUT2D eigenvalue weighted by Gasteiger charge is -2.12. The molecule has 4 nitrogen and oxygen atoms in total. The zero-order valence-electron chi connectivity index (χ0n) is 13.2. The summed E-state index contributed by atoms with van der Waals surface area (Å²) in [6.45, 7) is 0. The number of anilines is 1. The van der Waals surface area contributed by atoms with Gasteiger partial charge in [-0.1, -0.05) is 12.1 Å². The van der Waals surface area contributed by atoms with Gasteiger partial charge in [0.2, 0.25) is 0 Å². The summed E-state index contributed by atoms with van der Waals surface area (Å²) in [5.41, 5.74) is 7.54. The Kier molecular flexibility index (Phi) is 4.31. The van der Waals surface area contributed by atoms with E-state index in [0.29, 0.717) is 28.1 Å². The lowest BCUT2D eigenvalue weighted by Crippen LogP contribution is -2.05. The molecule has 25 heavy (non-hydrogen) atoms. The topological polar surface area (TPSA) is 64.4 Å². The number of alkyl halides is 3. The molecule has 0 saturated heterocycles. The fourth-order valence-electron chi connectivity index (χ4n) is 2.47. The molecule has 0 unspecified atom stereocenters. The van der Waals surface area contributed by atoms with Crippen LogP contribution in [0.4, 0.5) is 19.0 Å². The molecule has 0 saturated carbocycles. The van der Waals surface area contributed by atoms with Crippen LogP contribution in [0.15, 0.2) is 58.1 Å². The van der Waals surface area contributed by atoms with Gasteiger partial charge in [0.05, 0.1) is 11.8 Å². The minimum atomic E-state index is -4.39. The molecule has 0 fully saturated rings. The van der Waals surface area contributed by atoms with Gasteiger partial charge in [0.15, 0.2) is 5.76 Å². The Morgan fingerprint density at radius 3 is 2.44 bits per heavy atom. The predicted octanol–water partition coefficient (Wildman–Crippen LogP) is 4.66. The van der Waals surface area contributed by atoms with E-state index in [1.54, 1.807) is 25.2 Å². The normalized spacial score (nSPS) is 12.0. The standard InChI is InChI=1S/C18H14F3N3O/c1-23-10-14-13(11-4-6-12(7-5-11)18(19,20)21)9-15(24-17(14)22)16-3-2-8-25-16/h2-10H,1H3,(H2,22,24). The number of nitrogen functional groups attached to an aromatic ring is 1. The lowest BCUT2D eigenvalue weighted by atomic mass is 9.98. The van der Waals surface area contributed by atoms with E-state index in [0.717, 1.165) is 12.1 Å². The van der Waals surface area contributed by atoms with Crippen LogP contribution in [-0.4, -0.2) is 18.2 Å². The largest absolute Gasteiger partial charge is 0.463 e. The highest BCUT2D eigenvalue weighted by Gasteiger charge is 2.30. The number of aliphatic imine (C=N–C) groups is 1. The Labute approximate surface area is 141 Å². The third-order valence-corrected chi connectivity index (χ3v) is 3.64. The monoisotopic (exact) mass is 345 g/mol. The molecule has 7 heteroatoms. The molecular weight excluding hydrogens is 331 g/mol. The smallest absolute Gasteiger partial charge is 0.416 e. The molecule has 0 spiro atoms. The van der Waals surface area contributed by atoms with Crippen molar-refractivity contribution in [2.24, 2.45) is 4.99 Å². The van der Waals surface area contributed by atoms with Gasteiger partial charge in [-0.15, -0.1) is 0 Å². The average Bonchev–Trinajstić information content (AvgIpc) is 3.10. The molecule has 0 bridgehead atoms. The summed E-state index contributed by atoms with van der Waals surface area (Å²) in [6, 6.07) is 10.0. The average molecular weight is 345 g/mol. The maximum absolute atomic E-state index is 12.8. The third-order valence-electron chi connectivity index (χ3n) is 3.64. The molecule has 128 valence electrons. The number of halogens is 3. The van der Waals surface area contributed by atoms with Crippen LogP contribution in [0.2, 0.25) is 0 Å². The molecule has 0 aliphatic heterocycles. The van der Waals surface area contributed by atoms with Gasteiger partial charge in [0.25, 0.3) is 0 Å². The Balaban J connectivity index is 2.16. The second-order valence-electron chi connectivity index (χ2n) is 5.29. The molecule has 0 radical (unpaired) electrons. The van der Waals surface area contributed by atoms with Crippen LogP contribution in [0, 0.1) is 0 Å². The van der Waals surface area contributed by atoms with E-state index in [4.69, 9.17) is 10.2 Å². The summed E-state index contributed by atoms with van der Waals surface area (Å²) >= 11 is 0. The second kappa shape index (κ2) is 6.43. The van der Waals surface area contributed by atoms with E-state index < -0.39 is 11.7 Å². The summed E-state index contributed by atoms with van der Waals surface area (Å²) < 4.78 is 43.6. The van der Waals surface area contributed by atoms with Crippen molar-refractivity contribution in [3.8, 4) is 22.6 Å². The van der Waals surface area contributed by atoms with Crippen LogP contribution in [0.5, 0.6) is 0 Å². The molecule has 1 aromatic carbocycles. The van der Waals surface area contributed by atoms with Crippen molar-refractivity contribution < 1.29 is 17.6 Å². The Hall–Kier alpha value is -3.09. The Morgan fingerprint density at radius 1 is 1.16 bits per heavy atom. The number of nitrogens with zero attached hydrogens (tertiary/aromatic N) is 2. The van der Waals surface area contributed by atoms with Crippen LogP contribution >= 0.6 is 0 Å². The Bertz CT molecular complexity index is 899. The number of pyridine rings is 1. The van der Waals surface area contributed by atoms with Gasteiger partial charge in [0, 0.05) is 18.8 Å². The summed E-state index contributed by atoms with van der Waals surface area (Å²) in [5.74, 6) is 0.731. The molecule has 0 aliphatic carbocycles. The maximum atomic E-state index is 12.8. The van der Waals surface area contributed by atoms with Crippen molar-refractivity contribution in [2.75, 3.05) is 12.8 Å². The second-order valence-corrected chi connectivity index (χ2v) is 5.29. The maximum Gasteiger partial charge on any atom is 0.416 e. The van der Waals surface area contributed by atoms with E-state index in [1.165, 1.54) is 24.6 Å². The quantitative estimate of drug-likeness (QED) is 0.702. The van der Waals surface area contributed by atoms with Crippen LogP contribution < -0.4 is 5.73 Å². The van der Waals surface area contributed by atoms with Crippen molar-refractivity contribution in [3.05, 3.63) is 59.9 Å². The summed E-state index contributed by atoms with van der Waals surface area (Å²) in [4.78, 5) is 8.24. The van der Waals surface area contributed by atoms with Crippen LogP contribution in [0.3, 0.4) is 0 Å². The first-order valence-corrected chi connectivity index (χ1v) is 7.34. The van der Waals surface area contributed by atoms with Gasteiger partial charge in [-0.05, 0) is 41.5 Å². The first-order chi connectivity index (χ1) is 11.9. The SMILES string of the molecule is CN=Cc1c(-c2ccc(C(F)(F)F)cc2)cc(-c2ccco2)nc1N. The minimum absolute atomic E-state index is 0.217. The first kappa shape index (κ1) is 16.8. The minimum Gasteiger partial charge on any atom is -0.463 e. The van der Waals surface area contributed by atoms with Crippen LogP contribution in [0.1, 0.15) is 11.1 Å². The van der Waals surface area contributed by atoms with Crippen molar-refractivity contribution in [1.82, 2.24) is 4.98 Å². The predicted molar refractivity (Wildman–Crippen MR) is 90.3 cm³/mol. The van der Waals surface area contributed by atoms with Gasteiger partial charge in [0.1, 0.15) is 11.5 Å². The number of rotatable bonds is 3. The zero-order valence-corrected chi connectivity index (χ0v) is 13.2. The number of nitrogens with two attached hydrogens (primary N) is 1. The van der Waals surface area contributed by atoms with E-state index >= 15 is 0 Å². The number of aromatic nitrogens is 1. The molecule has 2 heterocycles. The van der Waals surface area contributed by atoms with Gasteiger partial charge >= 0.3 is 6.18 Å². The third kappa shape index (κ3) is 3.40. The van der Waals surface area contributed by atoms with Crippen molar-refractivity contribution in [2.45, 2.75) is 6.18 Å². The fourth-order valence-corrected chi connectivity index (χ4v) is 2.47. The van der Waals surface area contributed by atoms with Crippen molar-refractivity contribution >= 4 is 12.0 Å². The molecule has 0 amide bonds. The van der Waals surface area contributed by atoms with Crippen LogP contribution in [0.25, 0.3) is 22.6 Å². The van der Waals surface area contributed by atoms with Crippen molar-refractivity contribution in [1.29, 1.82) is 0 Å². The Morgan fingerprint density at radius 2 is 1.88 bits per heavy atom. The molecule has 0 aliphatic rings. The van der Waals surface area contributed by atoms with E-state index in [2.05, 4.69) is 9.98 Å². The highest BCUT2D eigenvalue weighted by Crippen LogP contribution is 2.34. The highest BCUT2D eigenvalue weighted by atomic mass is 19.4. The molecule has 2 N–H and O–H groups in total. The van der Waals surface area contributed by atoms with Gasteiger partial charge in [-0.3, -0.25) is 4.99 Å². The zero-order chi connectivity index (χ0) is 18.0. The molecule has 3 aromatic rings. The fraction of sp³-hybridized carbons (Fsp3) is 0.111. The van der Waals surface area contributed by atoms with E-state index in [-0.39, 0.29) is 5.82 Å². The molecular formula is C18H14F3N3O. The summed E-state index contributed by atoms with van der Waals surface area (Å²) in [7, 11) is 1.58. The first-order valence-electron chi connectivity index (χ1n) is 7.34. The number of benzene rings is 1. The summed E-state index contributed by atoms with van der Waals surface area (Å²) in [5, 5.41) is 0. The van der Waals surface area contributed by atoms with Gasteiger partial charge in [-0.25, -0.2) is 4.98 Å². The van der Waals surface area contributed by atoms with E-state index in [1.807, 2.05) is 0 Å². The summed E-state index contributed by atoms with van der Waals surface area (Å²) in [6.07, 6.45) is -1.35. The van der Waals surface area contributed by atoms with Crippen LogP contribution in [-0.2, 0) is 6.18 Å². The highest BCUT2D eigenvalue weighted by molar-refractivity contribution is 5.96. The van der Waals surface area contributed by atoms with Gasteiger partial charge < -0.3 is 10.2 Å². The lowest BCUT2D eigenvalue weighted by molar-refractivity contribution is -0.137. The molecule has 0 atom stereocenters. The van der Waals surface area contributed by atoms with Crippen molar-refractivity contribution in [3.63, 3.8) is 0 Å². The molecule has 3 rings (SSSR count). The number of hydrogen-bond acceptors (Lipinski definition) is 4. The molecule has 2 aromatic heterocycles. The number of furan rings is 1. The van der Waals surface area contributed by atoms with E-state index in [9.17, 15) is 13.2 Å². The van der Waals surface area contributed by atoms with Gasteiger partial charge in [-0.2, -0.15) is 13.2 Å².